The number of hydrogen-bond donors (Lipinski definition) is 2. The van der Waals surface area contributed by atoms with Crippen LogP contribution in [0.3, 0.4) is 0 Å². The minimum atomic E-state index is -3.54. The molecule has 28 heavy (non-hydrogen) atoms. The predicted molar refractivity (Wildman–Crippen MR) is 114 cm³/mol. The summed E-state index contributed by atoms with van der Waals surface area (Å²) >= 11 is 0. The van der Waals surface area contributed by atoms with E-state index >= 15 is 0 Å². The van der Waals surface area contributed by atoms with Crippen molar-refractivity contribution in [3.05, 3.63) is 53.1 Å². The second-order valence-electron chi connectivity index (χ2n) is 6.79. The average Bonchev–Trinajstić information content (AvgIpc) is 2.64. The van der Waals surface area contributed by atoms with Crippen molar-refractivity contribution in [2.24, 2.45) is 0 Å². The SMILES string of the molecule is CCN(CC)S(=O)(=O)c1ccc(C)c(NCC(=O)Nc2ccc(C)cc2C)c1. The van der Waals surface area contributed by atoms with E-state index in [0.29, 0.717) is 18.8 Å². The lowest BCUT2D eigenvalue weighted by Gasteiger charge is -2.19. The second-order valence-corrected chi connectivity index (χ2v) is 8.72. The summed E-state index contributed by atoms with van der Waals surface area (Å²) in [5.41, 5.74) is 4.40. The molecule has 2 rings (SSSR count). The van der Waals surface area contributed by atoms with Gasteiger partial charge in [0.25, 0.3) is 0 Å². The van der Waals surface area contributed by atoms with Crippen molar-refractivity contribution >= 4 is 27.3 Å². The summed E-state index contributed by atoms with van der Waals surface area (Å²) in [6, 6.07) is 10.8. The number of rotatable bonds is 8. The number of benzene rings is 2. The van der Waals surface area contributed by atoms with E-state index in [9.17, 15) is 13.2 Å². The van der Waals surface area contributed by atoms with Crippen LogP contribution in [0.2, 0.25) is 0 Å². The first-order valence-corrected chi connectivity index (χ1v) is 10.8. The molecular formula is C21H29N3O3S. The molecule has 7 heteroatoms. The van der Waals surface area contributed by atoms with Gasteiger partial charge in [0, 0.05) is 24.5 Å². The number of nitrogens with zero attached hydrogens (tertiary/aromatic N) is 1. The lowest BCUT2D eigenvalue weighted by atomic mass is 10.1. The number of anilines is 2. The maximum absolute atomic E-state index is 12.7. The van der Waals surface area contributed by atoms with Gasteiger partial charge in [-0.3, -0.25) is 4.79 Å². The van der Waals surface area contributed by atoms with Crippen molar-refractivity contribution < 1.29 is 13.2 Å². The molecule has 2 aromatic rings. The molecule has 0 fully saturated rings. The number of hydrogen-bond acceptors (Lipinski definition) is 4. The fourth-order valence-electron chi connectivity index (χ4n) is 2.99. The molecule has 0 saturated carbocycles. The molecule has 0 spiro atoms. The molecule has 0 atom stereocenters. The van der Waals surface area contributed by atoms with Crippen molar-refractivity contribution in [2.75, 3.05) is 30.3 Å². The summed E-state index contributed by atoms with van der Waals surface area (Å²) in [5.74, 6) is -0.191. The molecule has 0 unspecified atom stereocenters. The van der Waals surface area contributed by atoms with Crippen LogP contribution in [0.4, 0.5) is 11.4 Å². The summed E-state index contributed by atoms with van der Waals surface area (Å²) in [5, 5.41) is 5.94. The van der Waals surface area contributed by atoms with Crippen LogP contribution >= 0.6 is 0 Å². The Labute approximate surface area is 168 Å². The lowest BCUT2D eigenvalue weighted by molar-refractivity contribution is -0.114. The number of sulfonamides is 1. The Balaban J connectivity index is 2.12. The molecule has 6 nitrogen and oxygen atoms in total. The van der Waals surface area contributed by atoms with Crippen molar-refractivity contribution in [3.63, 3.8) is 0 Å². The standard InChI is InChI=1S/C21H29N3O3S/c1-6-24(7-2)28(26,27)18-10-9-16(4)20(13-18)22-14-21(25)23-19-11-8-15(3)12-17(19)5/h8-13,22H,6-7,14H2,1-5H3,(H,23,25). The third-order valence-electron chi connectivity index (χ3n) is 4.65. The van der Waals surface area contributed by atoms with Crippen LogP contribution in [-0.4, -0.2) is 38.3 Å². The monoisotopic (exact) mass is 403 g/mol. The van der Waals surface area contributed by atoms with Crippen molar-refractivity contribution in [1.29, 1.82) is 0 Å². The minimum Gasteiger partial charge on any atom is -0.376 e. The van der Waals surface area contributed by atoms with Crippen molar-refractivity contribution in [2.45, 2.75) is 39.5 Å². The van der Waals surface area contributed by atoms with E-state index in [0.717, 1.165) is 22.4 Å². The fourth-order valence-corrected chi connectivity index (χ4v) is 4.47. The number of carbonyl (C=O) groups excluding carboxylic acids is 1. The molecule has 0 aliphatic heterocycles. The smallest absolute Gasteiger partial charge is 0.243 e. The van der Waals surface area contributed by atoms with Gasteiger partial charge in [0.2, 0.25) is 15.9 Å². The normalized spacial score (nSPS) is 11.5. The Hall–Kier alpha value is -2.38. The third kappa shape index (κ3) is 5.11. The van der Waals surface area contributed by atoms with Gasteiger partial charge in [-0.05, 0) is 50.1 Å². The zero-order valence-corrected chi connectivity index (χ0v) is 18.0. The Morgan fingerprint density at radius 1 is 0.929 bits per heavy atom. The number of aryl methyl sites for hydroxylation is 3. The van der Waals surface area contributed by atoms with Crippen LogP contribution in [0.25, 0.3) is 0 Å². The first kappa shape index (κ1) is 21.9. The maximum atomic E-state index is 12.7. The molecule has 2 aromatic carbocycles. The van der Waals surface area contributed by atoms with Gasteiger partial charge in [0.05, 0.1) is 11.4 Å². The molecule has 0 radical (unpaired) electrons. The lowest BCUT2D eigenvalue weighted by Crippen LogP contribution is -2.30. The van der Waals surface area contributed by atoms with Gasteiger partial charge in [0.15, 0.2) is 0 Å². The molecule has 0 heterocycles. The van der Waals surface area contributed by atoms with Gasteiger partial charge in [-0.15, -0.1) is 0 Å². The Morgan fingerprint density at radius 3 is 2.21 bits per heavy atom. The molecule has 152 valence electrons. The van der Waals surface area contributed by atoms with Gasteiger partial charge in [-0.2, -0.15) is 4.31 Å². The maximum Gasteiger partial charge on any atom is 0.243 e. The van der Waals surface area contributed by atoms with Gasteiger partial charge < -0.3 is 10.6 Å². The topological polar surface area (TPSA) is 78.5 Å². The summed E-state index contributed by atoms with van der Waals surface area (Å²) in [7, 11) is -3.54. The number of carbonyl (C=O) groups is 1. The molecule has 0 saturated heterocycles. The van der Waals surface area contributed by atoms with Crippen LogP contribution in [0.15, 0.2) is 41.3 Å². The first-order valence-electron chi connectivity index (χ1n) is 9.40. The van der Waals surface area contributed by atoms with Crippen LogP contribution in [0, 0.1) is 20.8 Å². The summed E-state index contributed by atoms with van der Waals surface area (Å²) in [6.07, 6.45) is 0. The van der Waals surface area contributed by atoms with E-state index in [1.165, 1.54) is 4.31 Å². The van der Waals surface area contributed by atoms with Gasteiger partial charge in [-0.1, -0.05) is 37.6 Å². The zero-order chi connectivity index (χ0) is 20.9. The van der Waals surface area contributed by atoms with Crippen molar-refractivity contribution in [1.82, 2.24) is 4.31 Å². The molecular weight excluding hydrogens is 374 g/mol. The Kier molecular flexibility index (Phi) is 7.21. The van der Waals surface area contributed by atoms with Crippen LogP contribution in [0.5, 0.6) is 0 Å². The highest BCUT2D eigenvalue weighted by Gasteiger charge is 2.22. The highest BCUT2D eigenvalue weighted by molar-refractivity contribution is 7.89. The average molecular weight is 404 g/mol. The highest BCUT2D eigenvalue weighted by Crippen LogP contribution is 2.23. The molecule has 0 aliphatic carbocycles. The quantitative estimate of drug-likeness (QED) is 0.705. The molecule has 2 N–H and O–H groups in total. The summed E-state index contributed by atoms with van der Waals surface area (Å²) < 4.78 is 26.9. The van der Waals surface area contributed by atoms with E-state index in [1.54, 1.807) is 18.2 Å². The van der Waals surface area contributed by atoms with E-state index < -0.39 is 10.0 Å². The van der Waals surface area contributed by atoms with E-state index in [4.69, 9.17) is 0 Å². The van der Waals surface area contributed by atoms with Gasteiger partial charge in [0.1, 0.15) is 0 Å². The summed E-state index contributed by atoms with van der Waals surface area (Å²) in [6.45, 7) is 10.3. The van der Waals surface area contributed by atoms with Crippen LogP contribution in [-0.2, 0) is 14.8 Å². The number of amides is 1. The van der Waals surface area contributed by atoms with Gasteiger partial charge in [-0.25, -0.2) is 8.42 Å². The summed E-state index contributed by atoms with van der Waals surface area (Å²) in [4.78, 5) is 12.5. The Morgan fingerprint density at radius 2 is 1.61 bits per heavy atom. The predicted octanol–water partition coefficient (Wildman–Crippen LogP) is 3.69. The molecule has 0 aromatic heterocycles. The minimum absolute atomic E-state index is 0.0446. The van der Waals surface area contributed by atoms with Crippen LogP contribution < -0.4 is 10.6 Å². The molecule has 0 bridgehead atoms. The van der Waals surface area contributed by atoms with E-state index in [1.807, 2.05) is 52.8 Å². The van der Waals surface area contributed by atoms with Crippen molar-refractivity contribution in [3.8, 4) is 0 Å². The zero-order valence-electron chi connectivity index (χ0n) is 17.2. The second kappa shape index (κ2) is 9.21. The third-order valence-corrected chi connectivity index (χ3v) is 6.69. The highest BCUT2D eigenvalue weighted by atomic mass is 32.2. The Bertz CT molecular complexity index is 951. The number of nitrogens with one attached hydrogen (secondary N) is 2. The molecule has 1 amide bonds. The largest absolute Gasteiger partial charge is 0.376 e. The van der Waals surface area contributed by atoms with Crippen LogP contribution in [0.1, 0.15) is 30.5 Å². The fraction of sp³-hybridized carbons (Fsp3) is 0.381. The van der Waals surface area contributed by atoms with Gasteiger partial charge >= 0.3 is 0 Å². The molecule has 0 aliphatic rings. The van der Waals surface area contributed by atoms with E-state index in [2.05, 4.69) is 10.6 Å². The van der Waals surface area contributed by atoms with E-state index in [-0.39, 0.29) is 17.3 Å². The first-order chi connectivity index (χ1) is 13.2.